The third kappa shape index (κ3) is 2.34. The summed E-state index contributed by atoms with van der Waals surface area (Å²) in [5.74, 6) is 0. The van der Waals surface area contributed by atoms with E-state index >= 15 is 0 Å². The topological polar surface area (TPSA) is 24.7 Å². The standard InChI is InChI=1S/C14H16N2/c1-5-11-8-9-12(6-2)14(16-7-3)13(11)10-15-4/h5-10H,1-2H2,3-4H3. The van der Waals surface area contributed by atoms with E-state index in [0.717, 1.165) is 22.4 Å². The summed E-state index contributed by atoms with van der Waals surface area (Å²) in [5.41, 5.74) is 3.89. The Morgan fingerprint density at radius 3 is 2.25 bits per heavy atom. The molecule has 0 radical (unpaired) electrons. The summed E-state index contributed by atoms with van der Waals surface area (Å²) in [4.78, 5) is 8.42. The largest absolute Gasteiger partial charge is 0.296 e. The van der Waals surface area contributed by atoms with Gasteiger partial charge in [-0.05, 0) is 12.5 Å². The van der Waals surface area contributed by atoms with E-state index in [1.165, 1.54) is 0 Å². The van der Waals surface area contributed by atoms with Gasteiger partial charge in [-0.15, -0.1) is 0 Å². The molecule has 1 aromatic carbocycles. The average Bonchev–Trinajstić information content (AvgIpc) is 2.31. The molecule has 0 saturated heterocycles. The maximum Gasteiger partial charge on any atom is 0.0791 e. The SMILES string of the molecule is C=Cc1ccc(C=C)c(N=CC)c1C=NC. The zero-order chi connectivity index (χ0) is 12.0. The fourth-order valence-electron chi connectivity index (χ4n) is 1.52. The molecular formula is C14H16N2. The van der Waals surface area contributed by atoms with Crippen molar-refractivity contribution in [3.63, 3.8) is 0 Å². The van der Waals surface area contributed by atoms with Crippen molar-refractivity contribution in [1.29, 1.82) is 0 Å². The number of nitrogens with zero attached hydrogens (tertiary/aromatic N) is 2. The van der Waals surface area contributed by atoms with Gasteiger partial charge in [-0.2, -0.15) is 0 Å². The van der Waals surface area contributed by atoms with Crippen molar-refractivity contribution < 1.29 is 0 Å². The van der Waals surface area contributed by atoms with Crippen LogP contribution < -0.4 is 0 Å². The number of benzene rings is 1. The molecule has 0 bridgehead atoms. The molecule has 0 aromatic heterocycles. The van der Waals surface area contributed by atoms with Crippen LogP contribution in [0.25, 0.3) is 12.2 Å². The highest BCUT2D eigenvalue weighted by molar-refractivity contribution is 5.95. The van der Waals surface area contributed by atoms with Gasteiger partial charge in [0.2, 0.25) is 0 Å². The van der Waals surface area contributed by atoms with E-state index in [2.05, 4.69) is 23.1 Å². The molecule has 0 aliphatic heterocycles. The summed E-state index contributed by atoms with van der Waals surface area (Å²) < 4.78 is 0. The van der Waals surface area contributed by atoms with Crippen LogP contribution in [0.2, 0.25) is 0 Å². The Bertz CT molecular complexity index is 411. The molecule has 0 unspecified atom stereocenters. The third-order valence-electron chi connectivity index (χ3n) is 2.24. The van der Waals surface area contributed by atoms with Crippen LogP contribution in [0.15, 0.2) is 35.3 Å². The Morgan fingerprint density at radius 2 is 1.75 bits per heavy atom. The monoisotopic (exact) mass is 212 g/mol. The number of hydrogen-bond acceptors (Lipinski definition) is 2. The van der Waals surface area contributed by atoms with E-state index in [0.29, 0.717) is 0 Å². The van der Waals surface area contributed by atoms with E-state index < -0.39 is 0 Å². The Hall–Kier alpha value is -1.96. The van der Waals surface area contributed by atoms with Gasteiger partial charge in [-0.25, -0.2) is 0 Å². The summed E-state index contributed by atoms with van der Waals surface area (Å²) in [6.07, 6.45) is 7.16. The highest BCUT2D eigenvalue weighted by Crippen LogP contribution is 2.28. The zero-order valence-corrected chi connectivity index (χ0v) is 9.77. The van der Waals surface area contributed by atoms with Crippen LogP contribution >= 0.6 is 0 Å². The van der Waals surface area contributed by atoms with Crippen molar-refractivity contribution in [1.82, 2.24) is 0 Å². The van der Waals surface area contributed by atoms with Crippen LogP contribution in [0, 0.1) is 0 Å². The first-order chi connectivity index (χ1) is 7.78. The molecule has 0 N–H and O–H groups in total. The average molecular weight is 212 g/mol. The molecule has 82 valence electrons. The van der Waals surface area contributed by atoms with E-state index in [1.807, 2.05) is 19.1 Å². The lowest BCUT2D eigenvalue weighted by molar-refractivity contribution is 1.43. The lowest BCUT2D eigenvalue weighted by atomic mass is 10.0. The zero-order valence-electron chi connectivity index (χ0n) is 9.77. The van der Waals surface area contributed by atoms with Gasteiger partial charge in [-0.1, -0.05) is 37.4 Å². The van der Waals surface area contributed by atoms with Crippen LogP contribution in [0.1, 0.15) is 23.6 Å². The van der Waals surface area contributed by atoms with Crippen LogP contribution in [0.3, 0.4) is 0 Å². The van der Waals surface area contributed by atoms with Crippen molar-refractivity contribution >= 4 is 30.3 Å². The van der Waals surface area contributed by atoms with Gasteiger partial charge in [0.05, 0.1) is 5.69 Å². The lowest BCUT2D eigenvalue weighted by Gasteiger charge is -2.08. The molecule has 0 saturated carbocycles. The van der Waals surface area contributed by atoms with Gasteiger partial charge in [0, 0.05) is 30.6 Å². The molecule has 2 heteroatoms. The number of rotatable bonds is 4. The summed E-state index contributed by atoms with van der Waals surface area (Å²) in [6, 6.07) is 3.98. The molecule has 0 atom stereocenters. The normalized spacial score (nSPS) is 11.1. The van der Waals surface area contributed by atoms with E-state index in [4.69, 9.17) is 0 Å². The van der Waals surface area contributed by atoms with Gasteiger partial charge in [-0.3, -0.25) is 9.98 Å². The minimum Gasteiger partial charge on any atom is -0.296 e. The molecule has 0 fully saturated rings. The smallest absolute Gasteiger partial charge is 0.0791 e. The van der Waals surface area contributed by atoms with Crippen molar-refractivity contribution in [3.05, 3.63) is 42.0 Å². The van der Waals surface area contributed by atoms with Crippen LogP contribution in [-0.2, 0) is 0 Å². The second-order valence-corrected chi connectivity index (χ2v) is 3.19. The molecule has 0 aliphatic carbocycles. The van der Waals surface area contributed by atoms with Gasteiger partial charge >= 0.3 is 0 Å². The summed E-state index contributed by atoms with van der Waals surface area (Å²) >= 11 is 0. The predicted molar refractivity (Wildman–Crippen MR) is 74.0 cm³/mol. The van der Waals surface area contributed by atoms with Crippen molar-refractivity contribution in [2.75, 3.05) is 7.05 Å². The van der Waals surface area contributed by atoms with Gasteiger partial charge in [0.25, 0.3) is 0 Å². The Kier molecular flexibility index (Phi) is 4.40. The highest BCUT2D eigenvalue weighted by Gasteiger charge is 2.07. The maximum atomic E-state index is 4.37. The Balaban J connectivity index is 3.58. The number of hydrogen-bond donors (Lipinski definition) is 0. The van der Waals surface area contributed by atoms with E-state index in [-0.39, 0.29) is 0 Å². The van der Waals surface area contributed by atoms with Crippen molar-refractivity contribution in [3.8, 4) is 0 Å². The van der Waals surface area contributed by atoms with Gasteiger partial charge < -0.3 is 0 Å². The second kappa shape index (κ2) is 5.81. The first kappa shape index (κ1) is 12.1. The summed E-state index contributed by atoms with van der Waals surface area (Å²) in [7, 11) is 1.74. The first-order valence-corrected chi connectivity index (χ1v) is 5.11. The predicted octanol–water partition coefficient (Wildman–Crippen LogP) is 3.74. The molecule has 1 rings (SSSR count). The molecule has 16 heavy (non-hydrogen) atoms. The Labute approximate surface area is 96.8 Å². The van der Waals surface area contributed by atoms with Crippen LogP contribution in [0.5, 0.6) is 0 Å². The third-order valence-corrected chi connectivity index (χ3v) is 2.24. The van der Waals surface area contributed by atoms with E-state index in [9.17, 15) is 0 Å². The van der Waals surface area contributed by atoms with Gasteiger partial charge in [0.1, 0.15) is 0 Å². The molecule has 0 aliphatic rings. The van der Waals surface area contributed by atoms with Crippen molar-refractivity contribution in [2.45, 2.75) is 6.92 Å². The quantitative estimate of drug-likeness (QED) is 0.679. The molecular weight excluding hydrogens is 196 g/mol. The van der Waals surface area contributed by atoms with Crippen LogP contribution in [0.4, 0.5) is 5.69 Å². The molecule has 0 heterocycles. The van der Waals surface area contributed by atoms with Gasteiger partial charge in [0.15, 0.2) is 0 Å². The summed E-state index contributed by atoms with van der Waals surface area (Å²) in [6.45, 7) is 9.47. The number of aliphatic imine (C=N–C) groups is 2. The maximum absolute atomic E-state index is 4.37. The molecule has 0 spiro atoms. The molecule has 1 aromatic rings. The summed E-state index contributed by atoms with van der Waals surface area (Å²) in [5, 5.41) is 0. The van der Waals surface area contributed by atoms with Crippen molar-refractivity contribution in [2.24, 2.45) is 9.98 Å². The second-order valence-electron chi connectivity index (χ2n) is 3.19. The van der Waals surface area contributed by atoms with E-state index in [1.54, 1.807) is 31.6 Å². The first-order valence-electron chi connectivity index (χ1n) is 5.11. The van der Waals surface area contributed by atoms with Crippen LogP contribution in [-0.4, -0.2) is 19.5 Å². The molecule has 2 nitrogen and oxygen atoms in total. The fourth-order valence-corrected chi connectivity index (χ4v) is 1.52. The minimum absolute atomic E-state index is 0.889. The fraction of sp³-hybridized carbons (Fsp3) is 0.143. The lowest BCUT2D eigenvalue weighted by Crippen LogP contribution is -1.91. The highest BCUT2D eigenvalue weighted by atomic mass is 14.7. The Morgan fingerprint density at radius 1 is 1.12 bits per heavy atom. The molecule has 0 amide bonds. The minimum atomic E-state index is 0.889.